The highest BCUT2D eigenvalue weighted by molar-refractivity contribution is 5.29. The van der Waals surface area contributed by atoms with Gasteiger partial charge in [0, 0.05) is 5.54 Å². The average Bonchev–Trinajstić information content (AvgIpc) is 2.21. The minimum atomic E-state index is -0.0340. The lowest BCUT2D eigenvalue weighted by molar-refractivity contribution is 0.441. The number of hydrogen-bond acceptors (Lipinski definition) is 2. The van der Waals surface area contributed by atoms with Crippen molar-refractivity contribution in [3.63, 3.8) is 0 Å². The molecular formula is C12H21NO. The standard InChI is InChI=1S/C10H15NO.C2H6/c1-10(2,11-3)8-4-6-9(12)7-5-8;1-2/h4-7,11-12H,1-3H3;1-2H3. The predicted octanol–water partition coefficient (Wildman–Crippen LogP) is 2.87. The van der Waals surface area contributed by atoms with Crippen molar-refractivity contribution in [2.24, 2.45) is 0 Å². The van der Waals surface area contributed by atoms with Gasteiger partial charge in [-0.2, -0.15) is 0 Å². The predicted molar refractivity (Wildman–Crippen MR) is 61.5 cm³/mol. The number of benzene rings is 1. The summed E-state index contributed by atoms with van der Waals surface area (Å²) in [6.45, 7) is 8.19. The van der Waals surface area contributed by atoms with Crippen LogP contribution in [0, 0.1) is 0 Å². The molecule has 0 atom stereocenters. The van der Waals surface area contributed by atoms with E-state index in [2.05, 4.69) is 19.2 Å². The van der Waals surface area contributed by atoms with Crippen LogP contribution in [0.1, 0.15) is 33.3 Å². The van der Waals surface area contributed by atoms with Gasteiger partial charge in [0.1, 0.15) is 5.75 Å². The Kier molecular flexibility index (Phi) is 5.24. The Morgan fingerprint density at radius 2 is 1.50 bits per heavy atom. The van der Waals surface area contributed by atoms with Gasteiger partial charge in [-0.15, -0.1) is 0 Å². The van der Waals surface area contributed by atoms with Crippen LogP contribution in [0.5, 0.6) is 5.75 Å². The maximum absolute atomic E-state index is 9.07. The summed E-state index contributed by atoms with van der Waals surface area (Å²) in [5, 5.41) is 12.3. The van der Waals surface area contributed by atoms with Crippen molar-refractivity contribution in [2.75, 3.05) is 7.05 Å². The molecule has 0 unspecified atom stereocenters. The van der Waals surface area contributed by atoms with Crippen LogP contribution in [0.4, 0.5) is 0 Å². The van der Waals surface area contributed by atoms with Crippen molar-refractivity contribution < 1.29 is 5.11 Å². The normalized spacial score (nSPS) is 10.4. The van der Waals surface area contributed by atoms with Crippen LogP contribution < -0.4 is 5.32 Å². The summed E-state index contributed by atoms with van der Waals surface area (Å²) in [5.74, 6) is 0.311. The molecule has 2 N–H and O–H groups in total. The molecule has 0 saturated carbocycles. The smallest absolute Gasteiger partial charge is 0.115 e. The zero-order valence-corrected chi connectivity index (χ0v) is 9.76. The van der Waals surface area contributed by atoms with E-state index in [0.29, 0.717) is 5.75 Å². The van der Waals surface area contributed by atoms with Gasteiger partial charge in [0.2, 0.25) is 0 Å². The van der Waals surface area contributed by atoms with E-state index >= 15 is 0 Å². The summed E-state index contributed by atoms with van der Waals surface area (Å²) in [5.41, 5.74) is 1.14. The highest BCUT2D eigenvalue weighted by Gasteiger charge is 2.16. The Labute approximate surface area is 87.0 Å². The molecule has 0 heterocycles. The van der Waals surface area contributed by atoms with Gasteiger partial charge in [-0.1, -0.05) is 26.0 Å². The summed E-state index contributed by atoms with van der Waals surface area (Å²) >= 11 is 0. The third-order valence-electron chi connectivity index (χ3n) is 2.21. The highest BCUT2D eigenvalue weighted by Crippen LogP contribution is 2.21. The number of hydrogen-bond donors (Lipinski definition) is 2. The number of phenolic OH excluding ortho intramolecular Hbond substituents is 1. The van der Waals surface area contributed by atoms with Gasteiger partial charge in [-0.05, 0) is 38.6 Å². The molecule has 2 nitrogen and oxygen atoms in total. The van der Waals surface area contributed by atoms with Crippen molar-refractivity contribution in [1.29, 1.82) is 0 Å². The van der Waals surface area contributed by atoms with E-state index in [1.807, 2.05) is 33.0 Å². The fourth-order valence-electron chi connectivity index (χ4n) is 1.02. The van der Waals surface area contributed by atoms with Gasteiger partial charge < -0.3 is 10.4 Å². The number of rotatable bonds is 2. The summed E-state index contributed by atoms with van der Waals surface area (Å²) in [4.78, 5) is 0. The van der Waals surface area contributed by atoms with Crippen LogP contribution in [0.2, 0.25) is 0 Å². The van der Waals surface area contributed by atoms with Crippen molar-refractivity contribution >= 4 is 0 Å². The summed E-state index contributed by atoms with van der Waals surface area (Å²) in [6, 6.07) is 7.25. The second-order valence-corrected chi connectivity index (χ2v) is 3.42. The van der Waals surface area contributed by atoms with Crippen molar-refractivity contribution in [2.45, 2.75) is 33.2 Å². The number of nitrogens with one attached hydrogen (secondary N) is 1. The Morgan fingerprint density at radius 1 is 1.07 bits per heavy atom. The molecule has 0 radical (unpaired) electrons. The van der Waals surface area contributed by atoms with Crippen LogP contribution in [0.3, 0.4) is 0 Å². The number of phenols is 1. The van der Waals surface area contributed by atoms with Gasteiger partial charge in [-0.25, -0.2) is 0 Å². The molecule has 0 fully saturated rings. The summed E-state index contributed by atoms with van der Waals surface area (Å²) in [6.07, 6.45) is 0. The van der Waals surface area contributed by atoms with Crippen LogP contribution in [0.15, 0.2) is 24.3 Å². The van der Waals surface area contributed by atoms with Gasteiger partial charge >= 0.3 is 0 Å². The number of aromatic hydroxyl groups is 1. The van der Waals surface area contributed by atoms with Gasteiger partial charge in [0.15, 0.2) is 0 Å². The van der Waals surface area contributed by atoms with E-state index in [1.165, 1.54) is 5.56 Å². The molecule has 0 aliphatic carbocycles. The molecule has 0 bridgehead atoms. The Morgan fingerprint density at radius 3 is 1.86 bits per heavy atom. The third-order valence-corrected chi connectivity index (χ3v) is 2.21. The maximum Gasteiger partial charge on any atom is 0.115 e. The minimum Gasteiger partial charge on any atom is -0.508 e. The largest absolute Gasteiger partial charge is 0.508 e. The minimum absolute atomic E-state index is 0.0340. The molecule has 14 heavy (non-hydrogen) atoms. The molecule has 1 aromatic rings. The molecule has 80 valence electrons. The average molecular weight is 195 g/mol. The molecule has 0 aliphatic rings. The zero-order chi connectivity index (χ0) is 11.2. The topological polar surface area (TPSA) is 32.3 Å². The second kappa shape index (κ2) is 5.66. The Balaban J connectivity index is 0.000000791. The zero-order valence-electron chi connectivity index (χ0n) is 9.76. The Bertz CT molecular complexity index is 252. The van der Waals surface area contributed by atoms with Gasteiger partial charge in [0.25, 0.3) is 0 Å². The first-order chi connectivity index (χ1) is 6.56. The molecule has 0 aromatic heterocycles. The SMILES string of the molecule is CC.CNC(C)(C)c1ccc(O)cc1. The van der Waals surface area contributed by atoms with Gasteiger partial charge in [0.05, 0.1) is 0 Å². The summed E-state index contributed by atoms with van der Waals surface area (Å²) < 4.78 is 0. The molecule has 0 amide bonds. The molecule has 2 heteroatoms. The first-order valence-corrected chi connectivity index (χ1v) is 5.04. The molecular weight excluding hydrogens is 174 g/mol. The third kappa shape index (κ3) is 3.38. The fourth-order valence-corrected chi connectivity index (χ4v) is 1.02. The lowest BCUT2D eigenvalue weighted by Crippen LogP contribution is -2.32. The Hall–Kier alpha value is -1.02. The van der Waals surface area contributed by atoms with E-state index in [1.54, 1.807) is 12.1 Å². The molecule has 0 saturated heterocycles. The highest BCUT2D eigenvalue weighted by atomic mass is 16.3. The molecule has 1 rings (SSSR count). The fraction of sp³-hybridized carbons (Fsp3) is 0.500. The molecule has 0 spiro atoms. The first kappa shape index (κ1) is 13.0. The lowest BCUT2D eigenvalue weighted by atomic mass is 9.95. The maximum atomic E-state index is 9.07. The van der Waals surface area contributed by atoms with Crippen molar-refractivity contribution in [3.8, 4) is 5.75 Å². The van der Waals surface area contributed by atoms with E-state index < -0.39 is 0 Å². The molecule has 0 aliphatic heterocycles. The van der Waals surface area contributed by atoms with E-state index in [-0.39, 0.29) is 5.54 Å². The molecule has 1 aromatic carbocycles. The van der Waals surface area contributed by atoms with Crippen LogP contribution in [-0.4, -0.2) is 12.2 Å². The van der Waals surface area contributed by atoms with Crippen molar-refractivity contribution in [3.05, 3.63) is 29.8 Å². The second-order valence-electron chi connectivity index (χ2n) is 3.42. The quantitative estimate of drug-likeness (QED) is 0.760. The van der Waals surface area contributed by atoms with E-state index in [4.69, 9.17) is 5.11 Å². The van der Waals surface area contributed by atoms with Crippen LogP contribution in [-0.2, 0) is 5.54 Å². The van der Waals surface area contributed by atoms with Crippen molar-refractivity contribution in [1.82, 2.24) is 5.32 Å². The van der Waals surface area contributed by atoms with E-state index in [0.717, 1.165) is 0 Å². The van der Waals surface area contributed by atoms with Crippen LogP contribution >= 0.6 is 0 Å². The first-order valence-electron chi connectivity index (χ1n) is 5.04. The van der Waals surface area contributed by atoms with Gasteiger partial charge in [-0.3, -0.25) is 0 Å². The van der Waals surface area contributed by atoms with E-state index in [9.17, 15) is 0 Å². The summed E-state index contributed by atoms with van der Waals surface area (Å²) in [7, 11) is 1.92. The monoisotopic (exact) mass is 195 g/mol. The lowest BCUT2D eigenvalue weighted by Gasteiger charge is -2.24. The van der Waals surface area contributed by atoms with Crippen LogP contribution in [0.25, 0.3) is 0 Å².